The zero-order valence-corrected chi connectivity index (χ0v) is 18.9. The van der Waals surface area contributed by atoms with E-state index in [9.17, 15) is 18.0 Å². The highest BCUT2D eigenvalue weighted by molar-refractivity contribution is 7.07. The maximum Gasteiger partial charge on any atom is 0.490 e. The summed E-state index contributed by atoms with van der Waals surface area (Å²) in [5.41, 5.74) is 6.28. The van der Waals surface area contributed by atoms with E-state index in [-0.39, 0.29) is 12.1 Å². The number of hydrogen-bond donors (Lipinski definition) is 3. The fraction of sp³-hybridized carbons (Fsp3) is 0.217. The predicted molar refractivity (Wildman–Crippen MR) is 125 cm³/mol. The number of nitrogens with one attached hydrogen (secondary N) is 2. The number of likely N-dealkylation sites (tertiary alicyclic amines) is 1. The number of hydrogen-bond acceptors (Lipinski definition) is 5. The Morgan fingerprint density at radius 3 is 2.57 bits per heavy atom. The van der Waals surface area contributed by atoms with Crippen molar-refractivity contribution in [3.63, 3.8) is 0 Å². The van der Waals surface area contributed by atoms with E-state index in [1.54, 1.807) is 5.51 Å². The summed E-state index contributed by atoms with van der Waals surface area (Å²) in [7, 11) is 0. The van der Waals surface area contributed by atoms with Crippen LogP contribution in [0.15, 0.2) is 59.4 Å². The Kier molecular flexibility index (Phi) is 7.01. The first-order valence-corrected chi connectivity index (χ1v) is 11.5. The molecule has 0 spiro atoms. The summed E-state index contributed by atoms with van der Waals surface area (Å²) in [5, 5.41) is 12.1. The molecule has 2 aromatic heterocycles. The van der Waals surface area contributed by atoms with Crippen LogP contribution < -0.4 is 5.32 Å². The molecular formula is C23H20F3N5O3S. The van der Waals surface area contributed by atoms with Crippen LogP contribution >= 0.6 is 11.3 Å². The normalized spacial score (nSPS) is 15.5. The van der Waals surface area contributed by atoms with Gasteiger partial charge in [-0.15, -0.1) is 11.3 Å². The quantitative estimate of drug-likeness (QED) is 0.333. The second kappa shape index (κ2) is 10.1. The van der Waals surface area contributed by atoms with E-state index in [1.807, 2.05) is 46.7 Å². The van der Waals surface area contributed by atoms with E-state index in [0.717, 1.165) is 47.6 Å². The Balaban J connectivity index is 0.000000364. The summed E-state index contributed by atoms with van der Waals surface area (Å²) < 4.78 is 31.7. The van der Waals surface area contributed by atoms with Gasteiger partial charge in [0.15, 0.2) is 5.82 Å². The maximum atomic E-state index is 12.9. The fourth-order valence-electron chi connectivity index (χ4n) is 3.76. The molecule has 35 heavy (non-hydrogen) atoms. The van der Waals surface area contributed by atoms with Gasteiger partial charge in [0.25, 0.3) is 0 Å². The molecule has 12 heteroatoms. The van der Waals surface area contributed by atoms with Crippen molar-refractivity contribution in [3.05, 3.63) is 65.0 Å². The molecule has 0 aliphatic carbocycles. The molecule has 1 unspecified atom stereocenters. The third-order valence-electron chi connectivity index (χ3n) is 5.35. The van der Waals surface area contributed by atoms with Crippen LogP contribution in [0.3, 0.4) is 0 Å². The number of urea groups is 1. The summed E-state index contributed by atoms with van der Waals surface area (Å²) in [6.07, 6.45) is -3.07. The van der Waals surface area contributed by atoms with Crippen LogP contribution in [0.5, 0.6) is 0 Å². The molecule has 182 valence electrons. The van der Waals surface area contributed by atoms with Gasteiger partial charge in [0.1, 0.15) is 5.69 Å². The van der Waals surface area contributed by atoms with Crippen molar-refractivity contribution in [2.45, 2.75) is 25.1 Å². The van der Waals surface area contributed by atoms with Crippen LogP contribution in [-0.2, 0) is 4.79 Å². The molecule has 1 aliphatic rings. The van der Waals surface area contributed by atoms with E-state index >= 15 is 0 Å². The lowest BCUT2D eigenvalue weighted by atomic mass is 10.1. The minimum absolute atomic E-state index is 0.0649. The van der Waals surface area contributed by atoms with Gasteiger partial charge >= 0.3 is 18.2 Å². The van der Waals surface area contributed by atoms with E-state index in [4.69, 9.17) is 9.90 Å². The number of H-pyrrole nitrogens is 1. The highest BCUT2D eigenvalue weighted by Gasteiger charge is 2.38. The topological polar surface area (TPSA) is 111 Å². The number of carboxylic acid groups (broad SMARTS) is 1. The number of aromatic amines is 1. The SMILES string of the molecule is O=C(Nc1ccc2nc(-c3cscn3)[nH]c2c1)N1CCCC1c1ccccc1.O=C(O)C(F)(F)F. The number of thiazole rings is 1. The van der Waals surface area contributed by atoms with Crippen molar-refractivity contribution in [3.8, 4) is 11.5 Å². The van der Waals surface area contributed by atoms with Crippen LogP contribution in [-0.4, -0.2) is 49.7 Å². The second-order valence-electron chi connectivity index (χ2n) is 7.69. The Labute approximate surface area is 201 Å². The number of anilines is 1. The average molecular weight is 504 g/mol. The molecule has 1 atom stereocenters. The first-order valence-electron chi connectivity index (χ1n) is 10.5. The minimum atomic E-state index is -5.08. The van der Waals surface area contributed by atoms with Crippen molar-refractivity contribution in [2.75, 3.05) is 11.9 Å². The third-order valence-corrected chi connectivity index (χ3v) is 5.94. The molecule has 1 saturated heterocycles. The standard InChI is InChI=1S/C21H19N5OS.C2HF3O2/c27-21(26-10-4-7-19(26)14-5-2-1-3-6-14)23-15-8-9-16-17(11-15)25-20(24-16)18-12-28-13-22-18;3-2(4,5)1(6)7/h1-3,5-6,8-9,11-13,19H,4,7,10H2,(H,23,27)(H,24,25);(H,6,7). The summed E-state index contributed by atoms with van der Waals surface area (Å²) in [4.78, 5) is 35.9. The number of carbonyl (C=O) groups excluding carboxylic acids is 1. The molecule has 3 N–H and O–H groups in total. The van der Waals surface area contributed by atoms with Gasteiger partial charge in [-0.3, -0.25) is 0 Å². The summed E-state index contributed by atoms with van der Waals surface area (Å²) >= 11 is 1.53. The third kappa shape index (κ3) is 5.77. The summed E-state index contributed by atoms with van der Waals surface area (Å²) in [6, 6.07) is 16.0. The monoisotopic (exact) mass is 503 g/mol. The average Bonchev–Trinajstić information content (AvgIpc) is 3.59. The first kappa shape index (κ1) is 24.2. The van der Waals surface area contributed by atoms with E-state index in [1.165, 1.54) is 16.9 Å². The van der Waals surface area contributed by atoms with Gasteiger partial charge in [0.05, 0.1) is 22.6 Å². The Morgan fingerprint density at radius 1 is 1.17 bits per heavy atom. The van der Waals surface area contributed by atoms with Crippen LogP contribution in [0.1, 0.15) is 24.4 Å². The number of rotatable bonds is 3. The highest BCUT2D eigenvalue weighted by atomic mass is 32.1. The molecule has 5 rings (SSSR count). The molecule has 8 nitrogen and oxygen atoms in total. The molecule has 0 saturated carbocycles. The number of amides is 2. The summed E-state index contributed by atoms with van der Waals surface area (Å²) in [6.45, 7) is 0.770. The van der Waals surface area contributed by atoms with E-state index < -0.39 is 12.1 Å². The second-order valence-corrected chi connectivity index (χ2v) is 8.40. The molecule has 4 aromatic rings. The molecule has 0 bridgehead atoms. The van der Waals surface area contributed by atoms with E-state index in [2.05, 4.69) is 32.4 Å². The van der Waals surface area contributed by atoms with Crippen LogP contribution in [0, 0.1) is 0 Å². The number of alkyl halides is 3. The van der Waals surface area contributed by atoms with Gasteiger partial charge in [-0.2, -0.15) is 13.2 Å². The maximum absolute atomic E-state index is 12.9. The van der Waals surface area contributed by atoms with Gasteiger partial charge in [-0.05, 0) is 36.6 Å². The lowest BCUT2D eigenvalue weighted by Crippen LogP contribution is -2.34. The largest absolute Gasteiger partial charge is 0.490 e. The van der Waals surface area contributed by atoms with Crippen molar-refractivity contribution in [1.29, 1.82) is 0 Å². The first-order chi connectivity index (χ1) is 16.7. The molecule has 3 heterocycles. The number of benzene rings is 2. The van der Waals surface area contributed by atoms with Gasteiger partial charge in [0.2, 0.25) is 0 Å². The zero-order valence-electron chi connectivity index (χ0n) is 18.1. The van der Waals surface area contributed by atoms with Gasteiger partial charge < -0.3 is 20.3 Å². The van der Waals surface area contributed by atoms with Gasteiger partial charge in [0, 0.05) is 17.6 Å². The minimum Gasteiger partial charge on any atom is -0.475 e. The van der Waals surface area contributed by atoms with Crippen molar-refractivity contribution < 1.29 is 27.9 Å². The van der Waals surface area contributed by atoms with E-state index in [0.29, 0.717) is 0 Å². The number of aliphatic carboxylic acids is 1. The van der Waals surface area contributed by atoms with Crippen molar-refractivity contribution in [2.24, 2.45) is 0 Å². The highest BCUT2D eigenvalue weighted by Crippen LogP contribution is 2.32. The number of imidazole rings is 1. The van der Waals surface area contributed by atoms with Crippen LogP contribution in [0.25, 0.3) is 22.6 Å². The van der Waals surface area contributed by atoms with Crippen LogP contribution in [0.4, 0.5) is 23.7 Å². The molecule has 2 amide bonds. The molecule has 2 aromatic carbocycles. The van der Waals surface area contributed by atoms with Crippen LogP contribution in [0.2, 0.25) is 0 Å². The number of fused-ring (bicyclic) bond motifs is 1. The molecular weight excluding hydrogens is 483 g/mol. The summed E-state index contributed by atoms with van der Waals surface area (Å²) in [5.74, 6) is -2.02. The Bertz CT molecular complexity index is 1310. The Morgan fingerprint density at radius 2 is 1.91 bits per heavy atom. The zero-order chi connectivity index (χ0) is 25.0. The smallest absolute Gasteiger partial charge is 0.475 e. The van der Waals surface area contributed by atoms with Gasteiger partial charge in [-0.1, -0.05) is 30.3 Å². The predicted octanol–water partition coefficient (Wildman–Crippen LogP) is 5.69. The number of aromatic nitrogens is 3. The number of carbonyl (C=O) groups is 2. The number of halogens is 3. The van der Waals surface area contributed by atoms with Crippen molar-refractivity contribution >= 4 is 40.1 Å². The lowest BCUT2D eigenvalue weighted by Gasteiger charge is -2.25. The van der Waals surface area contributed by atoms with Crippen molar-refractivity contribution in [1.82, 2.24) is 19.9 Å². The number of carboxylic acids is 1. The lowest BCUT2D eigenvalue weighted by molar-refractivity contribution is -0.192. The van der Waals surface area contributed by atoms with Gasteiger partial charge in [-0.25, -0.2) is 19.6 Å². The number of nitrogens with zero attached hydrogens (tertiary/aromatic N) is 3. The fourth-order valence-corrected chi connectivity index (χ4v) is 4.30. The molecule has 1 fully saturated rings. The molecule has 1 aliphatic heterocycles. The molecule has 0 radical (unpaired) electrons. The Hall–Kier alpha value is -3.93.